The Bertz CT molecular complexity index is 633. The number of hydrogen-bond donors (Lipinski definition) is 1. The summed E-state index contributed by atoms with van der Waals surface area (Å²) in [4.78, 5) is 6.85. The molecule has 0 radical (unpaired) electrons. The van der Waals surface area contributed by atoms with Gasteiger partial charge in [0, 0.05) is 24.7 Å². The van der Waals surface area contributed by atoms with E-state index in [2.05, 4.69) is 21.1 Å². The smallest absolute Gasteiger partial charge is 0.229 e. The van der Waals surface area contributed by atoms with Crippen LogP contribution in [0.4, 0.5) is 5.69 Å². The van der Waals surface area contributed by atoms with Crippen molar-refractivity contribution in [3.63, 3.8) is 0 Å². The van der Waals surface area contributed by atoms with Gasteiger partial charge in [-0.3, -0.25) is 4.90 Å². The first-order valence-electron chi connectivity index (χ1n) is 7.20. The Kier molecular flexibility index (Phi) is 2.73. The van der Waals surface area contributed by atoms with Crippen molar-refractivity contribution in [2.45, 2.75) is 38.3 Å². The van der Waals surface area contributed by atoms with Gasteiger partial charge in [0.05, 0.1) is 6.54 Å². The van der Waals surface area contributed by atoms with Gasteiger partial charge in [-0.1, -0.05) is 17.3 Å². The van der Waals surface area contributed by atoms with Crippen LogP contribution in [0, 0.1) is 0 Å². The van der Waals surface area contributed by atoms with Crippen LogP contribution in [-0.2, 0) is 19.5 Å². The molecule has 0 bridgehead atoms. The van der Waals surface area contributed by atoms with Gasteiger partial charge >= 0.3 is 0 Å². The molecule has 0 spiro atoms. The monoisotopic (exact) mass is 270 g/mol. The van der Waals surface area contributed by atoms with Crippen molar-refractivity contribution in [1.82, 2.24) is 15.0 Å². The first-order valence-corrected chi connectivity index (χ1v) is 7.20. The maximum absolute atomic E-state index is 6.02. The van der Waals surface area contributed by atoms with E-state index in [1.807, 2.05) is 12.1 Å². The average Bonchev–Trinajstić information content (AvgIpc) is 3.20. The fourth-order valence-corrected chi connectivity index (χ4v) is 2.86. The molecule has 2 aromatic rings. The van der Waals surface area contributed by atoms with Crippen LogP contribution in [-0.4, -0.2) is 21.6 Å². The van der Waals surface area contributed by atoms with Gasteiger partial charge in [-0.15, -0.1) is 0 Å². The Hall–Kier alpha value is -1.88. The zero-order valence-corrected chi connectivity index (χ0v) is 11.4. The van der Waals surface area contributed by atoms with E-state index in [0.29, 0.717) is 5.92 Å². The third-order valence-corrected chi connectivity index (χ3v) is 4.16. The van der Waals surface area contributed by atoms with Crippen LogP contribution in [0.2, 0.25) is 0 Å². The number of aromatic nitrogens is 2. The van der Waals surface area contributed by atoms with E-state index in [0.717, 1.165) is 43.5 Å². The molecule has 0 atom stereocenters. The molecule has 5 heteroatoms. The van der Waals surface area contributed by atoms with Crippen molar-refractivity contribution in [3.8, 4) is 0 Å². The molecule has 4 rings (SSSR count). The summed E-state index contributed by atoms with van der Waals surface area (Å²) >= 11 is 0. The molecular weight excluding hydrogens is 252 g/mol. The molecule has 1 fully saturated rings. The summed E-state index contributed by atoms with van der Waals surface area (Å²) in [6.45, 7) is 2.66. The van der Waals surface area contributed by atoms with E-state index >= 15 is 0 Å². The Balaban J connectivity index is 1.47. The first-order chi connectivity index (χ1) is 9.79. The van der Waals surface area contributed by atoms with Crippen molar-refractivity contribution < 1.29 is 4.52 Å². The van der Waals surface area contributed by atoms with Crippen LogP contribution < -0.4 is 5.73 Å². The Morgan fingerprint density at radius 2 is 2.25 bits per heavy atom. The molecule has 0 amide bonds. The summed E-state index contributed by atoms with van der Waals surface area (Å²) in [5, 5.41) is 4.09. The lowest BCUT2D eigenvalue weighted by atomic mass is 9.98. The standard InChI is InChI=1S/C15H18N4O/c16-13-3-1-2-11-8-19(7-6-12(11)13)9-14-17-15(20-18-14)10-4-5-10/h1-3,10H,4-9,16H2. The fourth-order valence-electron chi connectivity index (χ4n) is 2.86. The summed E-state index contributed by atoms with van der Waals surface area (Å²) in [6, 6.07) is 6.16. The van der Waals surface area contributed by atoms with Gasteiger partial charge < -0.3 is 10.3 Å². The number of nitrogen functional groups attached to an aromatic ring is 1. The lowest BCUT2D eigenvalue weighted by molar-refractivity contribution is 0.235. The predicted octanol–water partition coefficient (Wildman–Crippen LogP) is 2.09. The van der Waals surface area contributed by atoms with Crippen LogP contribution in [0.25, 0.3) is 0 Å². The van der Waals surface area contributed by atoms with E-state index in [1.54, 1.807) is 0 Å². The zero-order chi connectivity index (χ0) is 13.5. The third kappa shape index (κ3) is 2.18. The van der Waals surface area contributed by atoms with Crippen molar-refractivity contribution in [1.29, 1.82) is 0 Å². The molecule has 1 saturated carbocycles. The van der Waals surface area contributed by atoms with Crippen LogP contribution in [0.15, 0.2) is 22.7 Å². The fraction of sp³-hybridized carbons (Fsp3) is 0.467. The number of rotatable bonds is 3. The molecular formula is C15H18N4O. The molecule has 5 nitrogen and oxygen atoms in total. The number of benzene rings is 1. The number of nitrogens with zero attached hydrogens (tertiary/aromatic N) is 3. The van der Waals surface area contributed by atoms with Crippen molar-refractivity contribution in [2.24, 2.45) is 0 Å². The first kappa shape index (κ1) is 11.9. The highest BCUT2D eigenvalue weighted by Gasteiger charge is 2.30. The Morgan fingerprint density at radius 1 is 1.35 bits per heavy atom. The normalized spacial score (nSPS) is 19.0. The highest BCUT2D eigenvalue weighted by atomic mass is 16.5. The van der Waals surface area contributed by atoms with Gasteiger partial charge in [-0.2, -0.15) is 4.98 Å². The summed E-state index contributed by atoms with van der Waals surface area (Å²) in [5.74, 6) is 2.15. The molecule has 1 aromatic heterocycles. The molecule has 20 heavy (non-hydrogen) atoms. The average molecular weight is 270 g/mol. The second-order valence-corrected chi connectivity index (χ2v) is 5.77. The van der Waals surface area contributed by atoms with Gasteiger partial charge in [-0.25, -0.2) is 0 Å². The molecule has 1 aliphatic carbocycles. The van der Waals surface area contributed by atoms with E-state index in [4.69, 9.17) is 10.3 Å². The highest BCUT2D eigenvalue weighted by molar-refractivity contribution is 5.51. The van der Waals surface area contributed by atoms with Gasteiger partial charge in [0.2, 0.25) is 5.89 Å². The number of nitrogens with two attached hydrogens (primary N) is 1. The maximum Gasteiger partial charge on any atom is 0.229 e. The van der Waals surface area contributed by atoms with Crippen molar-refractivity contribution in [2.75, 3.05) is 12.3 Å². The highest BCUT2D eigenvalue weighted by Crippen LogP contribution is 2.38. The van der Waals surface area contributed by atoms with Crippen LogP contribution >= 0.6 is 0 Å². The van der Waals surface area contributed by atoms with Gasteiger partial charge in [0.1, 0.15) is 0 Å². The largest absolute Gasteiger partial charge is 0.398 e. The lowest BCUT2D eigenvalue weighted by Gasteiger charge is -2.28. The summed E-state index contributed by atoms with van der Waals surface area (Å²) in [7, 11) is 0. The summed E-state index contributed by atoms with van der Waals surface area (Å²) in [5.41, 5.74) is 9.56. The zero-order valence-electron chi connectivity index (χ0n) is 11.4. The molecule has 1 aliphatic heterocycles. The molecule has 0 saturated heterocycles. The minimum atomic E-state index is 0.526. The number of hydrogen-bond acceptors (Lipinski definition) is 5. The van der Waals surface area contributed by atoms with E-state index in [1.165, 1.54) is 24.0 Å². The Morgan fingerprint density at radius 3 is 3.10 bits per heavy atom. The molecule has 2 aliphatic rings. The van der Waals surface area contributed by atoms with Gasteiger partial charge in [0.15, 0.2) is 5.82 Å². The molecule has 2 N–H and O–H groups in total. The topological polar surface area (TPSA) is 68.2 Å². The Labute approximate surface area is 117 Å². The molecule has 2 heterocycles. The van der Waals surface area contributed by atoms with E-state index < -0.39 is 0 Å². The van der Waals surface area contributed by atoms with Gasteiger partial charge in [0.25, 0.3) is 0 Å². The summed E-state index contributed by atoms with van der Waals surface area (Å²) < 4.78 is 5.31. The number of anilines is 1. The SMILES string of the molecule is Nc1cccc2c1CCN(Cc1noc(C3CC3)n1)C2. The maximum atomic E-state index is 6.02. The summed E-state index contributed by atoms with van der Waals surface area (Å²) in [6.07, 6.45) is 3.38. The third-order valence-electron chi connectivity index (χ3n) is 4.16. The lowest BCUT2D eigenvalue weighted by Crippen LogP contribution is -2.30. The van der Waals surface area contributed by atoms with Crippen LogP contribution in [0.1, 0.15) is 41.6 Å². The second-order valence-electron chi connectivity index (χ2n) is 5.77. The predicted molar refractivity (Wildman–Crippen MR) is 74.9 cm³/mol. The second kappa shape index (κ2) is 4.59. The molecule has 0 unspecified atom stereocenters. The quantitative estimate of drug-likeness (QED) is 0.865. The van der Waals surface area contributed by atoms with Crippen molar-refractivity contribution in [3.05, 3.63) is 41.0 Å². The minimum Gasteiger partial charge on any atom is -0.398 e. The minimum absolute atomic E-state index is 0.526. The van der Waals surface area contributed by atoms with Crippen LogP contribution in [0.3, 0.4) is 0 Å². The van der Waals surface area contributed by atoms with Crippen LogP contribution in [0.5, 0.6) is 0 Å². The van der Waals surface area contributed by atoms with E-state index in [-0.39, 0.29) is 0 Å². The van der Waals surface area contributed by atoms with Gasteiger partial charge in [-0.05, 0) is 36.5 Å². The van der Waals surface area contributed by atoms with E-state index in [9.17, 15) is 0 Å². The van der Waals surface area contributed by atoms with Crippen molar-refractivity contribution >= 4 is 5.69 Å². The molecule has 104 valence electrons. The molecule has 1 aromatic carbocycles. The number of fused-ring (bicyclic) bond motifs is 1.